The molecule has 2 aromatic heterocycles. The molecule has 0 amide bonds. The van der Waals surface area contributed by atoms with E-state index in [1.54, 1.807) is 13.1 Å². The van der Waals surface area contributed by atoms with E-state index in [2.05, 4.69) is 36.2 Å². The second kappa shape index (κ2) is 5.68. The maximum Gasteiger partial charge on any atom is 0.267 e. The maximum absolute atomic E-state index is 12.2. The van der Waals surface area contributed by atoms with Crippen molar-refractivity contribution < 1.29 is 12.8 Å². The van der Waals surface area contributed by atoms with Gasteiger partial charge in [0.25, 0.3) is 10.0 Å². The summed E-state index contributed by atoms with van der Waals surface area (Å²) in [4.78, 5) is 0.0170. The Labute approximate surface area is 118 Å². The summed E-state index contributed by atoms with van der Waals surface area (Å²) in [6.07, 6.45) is 1.45. The normalized spacial score (nSPS) is 11.5. The zero-order valence-electron chi connectivity index (χ0n) is 9.92. The lowest BCUT2D eigenvalue weighted by Crippen LogP contribution is -2.14. The van der Waals surface area contributed by atoms with Gasteiger partial charge in [0.1, 0.15) is 10.7 Å². The molecule has 2 heterocycles. The fourth-order valence-electron chi connectivity index (χ4n) is 1.39. The SMILES string of the molecule is CNCc1cc(S(=O)(=O)Nc2cccnn2)c(Br)o1. The fourth-order valence-corrected chi connectivity index (χ4v) is 3.39. The Bertz CT molecular complexity index is 657. The molecule has 2 N–H and O–H groups in total. The lowest BCUT2D eigenvalue weighted by molar-refractivity contribution is 0.470. The molecule has 0 radical (unpaired) electrons. The summed E-state index contributed by atoms with van der Waals surface area (Å²) in [6.45, 7) is 0.430. The number of sulfonamides is 1. The molecule has 9 heteroatoms. The molecule has 102 valence electrons. The number of aromatic nitrogens is 2. The average Bonchev–Trinajstić information content (AvgIpc) is 2.72. The van der Waals surface area contributed by atoms with Gasteiger partial charge in [-0.2, -0.15) is 5.10 Å². The quantitative estimate of drug-likeness (QED) is 0.848. The Kier molecular flexibility index (Phi) is 4.17. The fraction of sp³-hybridized carbons (Fsp3) is 0.200. The van der Waals surface area contributed by atoms with Crippen LogP contribution in [-0.2, 0) is 16.6 Å². The Balaban J connectivity index is 2.29. The van der Waals surface area contributed by atoms with E-state index in [-0.39, 0.29) is 15.4 Å². The van der Waals surface area contributed by atoms with Crippen LogP contribution in [0, 0.1) is 0 Å². The van der Waals surface area contributed by atoms with Crippen LogP contribution in [0.1, 0.15) is 5.76 Å². The largest absolute Gasteiger partial charge is 0.451 e. The van der Waals surface area contributed by atoms with Crippen molar-refractivity contribution in [2.75, 3.05) is 11.8 Å². The predicted octanol–water partition coefficient (Wildman–Crippen LogP) is 1.35. The molecule has 0 spiro atoms. The summed E-state index contributed by atoms with van der Waals surface area (Å²) in [5, 5.41) is 10.1. The first kappa shape index (κ1) is 14.0. The summed E-state index contributed by atoms with van der Waals surface area (Å²) < 4.78 is 32.0. The number of nitrogens with one attached hydrogen (secondary N) is 2. The van der Waals surface area contributed by atoms with Crippen molar-refractivity contribution in [2.45, 2.75) is 11.4 Å². The number of furan rings is 1. The number of rotatable bonds is 5. The van der Waals surface area contributed by atoms with Gasteiger partial charge >= 0.3 is 0 Å². The maximum atomic E-state index is 12.2. The van der Waals surface area contributed by atoms with Crippen LogP contribution < -0.4 is 10.0 Å². The van der Waals surface area contributed by atoms with Crippen molar-refractivity contribution in [1.82, 2.24) is 15.5 Å². The molecule has 0 saturated heterocycles. The monoisotopic (exact) mass is 346 g/mol. The Morgan fingerprint density at radius 1 is 1.47 bits per heavy atom. The Hall–Kier alpha value is -1.45. The highest BCUT2D eigenvalue weighted by Gasteiger charge is 2.22. The van der Waals surface area contributed by atoms with E-state index in [1.165, 1.54) is 18.3 Å². The van der Waals surface area contributed by atoms with E-state index in [0.717, 1.165) is 0 Å². The Morgan fingerprint density at radius 3 is 2.89 bits per heavy atom. The van der Waals surface area contributed by atoms with Crippen LogP contribution in [0.3, 0.4) is 0 Å². The van der Waals surface area contributed by atoms with Crippen LogP contribution in [0.2, 0.25) is 0 Å². The van der Waals surface area contributed by atoms with Crippen molar-refractivity contribution in [2.24, 2.45) is 0 Å². The van der Waals surface area contributed by atoms with E-state index >= 15 is 0 Å². The second-order valence-corrected chi connectivity index (χ2v) is 5.97. The third-order valence-corrected chi connectivity index (χ3v) is 4.37. The topological polar surface area (TPSA) is 97.1 Å². The molecule has 0 saturated carbocycles. The molecule has 0 fully saturated rings. The van der Waals surface area contributed by atoms with Gasteiger partial charge in [-0.3, -0.25) is 4.72 Å². The molecule has 0 bridgehead atoms. The molecule has 0 aromatic carbocycles. The number of halogens is 1. The van der Waals surface area contributed by atoms with Crippen LogP contribution in [0.4, 0.5) is 5.82 Å². The lowest BCUT2D eigenvalue weighted by atomic mass is 10.4. The van der Waals surface area contributed by atoms with Crippen molar-refractivity contribution in [1.29, 1.82) is 0 Å². The zero-order chi connectivity index (χ0) is 13.9. The molecule has 0 unspecified atom stereocenters. The first-order chi connectivity index (χ1) is 9.03. The number of nitrogens with zero attached hydrogens (tertiary/aromatic N) is 2. The van der Waals surface area contributed by atoms with E-state index in [0.29, 0.717) is 12.3 Å². The molecule has 0 aliphatic carbocycles. The van der Waals surface area contributed by atoms with Gasteiger partial charge < -0.3 is 9.73 Å². The van der Waals surface area contributed by atoms with Crippen LogP contribution in [0.25, 0.3) is 0 Å². The first-order valence-electron chi connectivity index (χ1n) is 5.26. The van der Waals surface area contributed by atoms with Gasteiger partial charge in [0, 0.05) is 12.3 Å². The third kappa shape index (κ3) is 3.31. The van der Waals surface area contributed by atoms with E-state index in [9.17, 15) is 8.42 Å². The molecule has 2 rings (SSSR count). The summed E-state index contributed by atoms with van der Waals surface area (Å²) in [5.41, 5.74) is 0. The highest BCUT2D eigenvalue weighted by atomic mass is 79.9. The summed E-state index contributed by atoms with van der Waals surface area (Å²) in [6, 6.07) is 4.54. The van der Waals surface area contributed by atoms with Gasteiger partial charge in [-0.1, -0.05) is 0 Å². The van der Waals surface area contributed by atoms with Gasteiger partial charge in [-0.25, -0.2) is 8.42 Å². The number of hydrogen-bond donors (Lipinski definition) is 2. The van der Waals surface area contributed by atoms with Gasteiger partial charge in [-0.05, 0) is 35.1 Å². The summed E-state index contributed by atoms with van der Waals surface area (Å²) in [7, 11) is -2.02. The Morgan fingerprint density at radius 2 is 2.26 bits per heavy atom. The van der Waals surface area contributed by atoms with Crippen LogP contribution in [0.15, 0.2) is 38.4 Å². The van der Waals surface area contributed by atoms with Crippen molar-refractivity contribution in [3.63, 3.8) is 0 Å². The highest BCUT2D eigenvalue weighted by Crippen LogP contribution is 2.27. The number of hydrogen-bond acceptors (Lipinski definition) is 6. The first-order valence-corrected chi connectivity index (χ1v) is 7.54. The van der Waals surface area contributed by atoms with Gasteiger partial charge in [-0.15, -0.1) is 5.10 Å². The van der Waals surface area contributed by atoms with Gasteiger partial charge in [0.2, 0.25) is 0 Å². The minimum atomic E-state index is -3.76. The molecule has 0 aliphatic heterocycles. The number of anilines is 1. The smallest absolute Gasteiger partial charge is 0.267 e. The zero-order valence-corrected chi connectivity index (χ0v) is 12.3. The van der Waals surface area contributed by atoms with Gasteiger partial charge in [0.05, 0.1) is 6.54 Å². The average molecular weight is 347 g/mol. The molecular formula is C10H11BrN4O3S. The van der Waals surface area contributed by atoms with Gasteiger partial charge in [0.15, 0.2) is 10.5 Å². The molecule has 19 heavy (non-hydrogen) atoms. The predicted molar refractivity (Wildman–Crippen MR) is 72.0 cm³/mol. The summed E-state index contributed by atoms with van der Waals surface area (Å²) >= 11 is 3.09. The second-order valence-electron chi connectivity index (χ2n) is 3.60. The molecule has 0 atom stereocenters. The van der Waals surface area contributed by atoms with Crippen LogP contribution in [0.5, 0.6) is 0 Å². The van der Waals surface area contributed by atoms with Crippen molar-refractivity contribution in [3.8, 4) is 0 Å². The molecule has 0 aliphatic rings. The minimum absolute atomic E-state index is 0.0170. The minimum Gasteiger partial charge on any atom is -0.451 e. The van der Waals surface area contributed by atoms with Crippen molar-refractivity contribution >= 4 is 31.8 Å². The summed E-state index contributed by atoms with van der Waals surface area (Å²) in [5.74, 6) is 0.652. The molecular weight excluding hydrogens is 336 g/mol. The van der Waals surface area contributed by atoms with Crippen LogP contribution in [-0.4, -0.2) is 25.7 Å². The van der Waals surface area contributed by atoms with Crippen LogP contribution >= 0.6 is 15.9 Å². The highest BCUT2D eigenvalue weighted by molar-refractivity contribution is 9.10. The van der Waals surface area contributed by atoms with E-state index in [1.807, 2.05) is 0 Å². The third-order valence-electron chi connectivity index (χ3n) is 2.16. The molecule has 7 nitrogen and oxygen atoms in total. The van der Waals surface area contributed by atoms with Crippen molar-refractivity contribution in [3.05, 3.63) is 34.8 Å². The molecule has 2 aromatic rings. The van der Waals surface area contributed by atoms with E-state index in [4.69, 9.17) is 4.42 Å². The van der Waals surface area contributed by atoms with E-state index < -0.39 is 10.0 Å². The lowest BCUT2D eigenvalue weighted by Gasteiger charge is -2.04. The standard InChI is InChI=1S/C10H11BrN4O3S/c1-12-6-7-5-8(10(11)18-7)19(16,17)15-9-3-2-4-13-14-9/h2-5,12H,6H2,1H3,(H,14,15).